The van der Waals surface area contributed by atoms with Crippen LogP contribution in [0.15, 0.2) is 45.3 Å². The van der Waals surface area contributed by atoms with Crippen molar-refractivity contribution in [1.82, 2.24) is 9.97 Å². The molecule has 1 heterocycles. The number of nitrogens with zero attached hydrogens (tertiary/aromatic N) is 2. The second-order valence-corrected chi connectivity index (χ2v) is 6.53. The topological polar surface area (TPSA) is 92.3 Å². The summed E-state index contributed by atoms with van der Waals surface area (Å²) in [5.41, 5.74) is 7.71. The number of benzene rings is 2. The van der Waals surface area contributed by atoms with Gasteiger partial charge < -0.3 is 15.9 Å². The molecule has 0 bridgehead atoms. The standard InChI is InChI=1S/C16H11Br2N3O2/c17-10-5-8(6-11(18)14(10)22)7-12(19)15-20-13-4-2-1-3-9(13)16(23)21-15/h1-7,22H,19H2,(H,20,21,23)/b12-7-. The molecule has 0 unspecified atom stereocenters. The maximum Gasteiger partial charge on any atom is 0.222 e. The van der Waals surface area contributed by atoms with Gasteiger partial charge in [0.15, 0.2) is 5.82 Å². The first-order valence-electron chi connectivity index (χ1n) is 6.57. The van der Waals surface area contributed by atoms with Crippen LogP contribution in [-0.2, 0) is 0 Å². The molecular weight excluding hydrogens is 426 g/mol. The van der Waals surface area contributed by atoms with E-state index in [2.05, 4.69) is 41.8 Å². The molecule has 0 saturated heterocycles. The van der Waals surface area contributed by atoms with Crippen molar-refractivity contribution in [3.63, 3.8) is 0 Å². The summed E-state index contributed by atoms with van der Waals surface area (Å²) < 4.78 is 1.07. The van der Waals surface area contributed by atoms with Crippen LogP contribution in [-0.4, -0.2) is 20.2 Å². The van der Waals surface area contributed by atoms with E-state index in [4.69, 9.17) is 5.73 Å². The van der Waals surface area contributed by atoms with Crippen LogP contribution in [0.1, 0.15) is 11.4 Å². The molecule has 0 fully saturated rings. The second-order valence-electron chi connectivity index (χ2n) is 4.82. The van der Waals surface area contributed by atoms with E-state index in [1.807, 2.05) is 6.07 Å². The fourth-order valence-corrected chi connectivity index (χ4v) is 3.32. The quantitative estimate of drug-likeness (QED) is 0.564. The van der Waals surface area contributed by atoms with Crippen molar-refractivity contribution in [2.24, 2.45) is 5.73 Å². The first kappa shape index (κ1) is 15.8. The molecule has 0 spiro atoms. The molecule has 0 aliphatic rings. The van der Waals surface area contributed by atoms with Gasteiger partial charge in [-0.3, -0.25) is 0 Å². The van der Waals surface area contributed by atoms with Crippen molar-refractivity contribution in [3.05, 3.63) is 56.7 Å². The lowest BCUT2D eigenvalue weighted by Crippen LogP contribution is -2.02. The number of aromatic hydroxyl groups is 2. The zero-order valence-corrected chi connectivity index (χ0v) is 14.8. The predicted molar refractivity (Wildman–Crippen MR) is 96.8 cm³/mol. The summed E-state index contributed by atoms with van der Waals surface area (Å²) in [5, 5.41) is 20.3. The smallest absolute Gasteiger partial charge is 0.222 e. The van der Waals surface area contributed by atoms with Gasteiger partial charge in [-0.1, -0.05) is 12.1 Å². The maximum atomic E-state index is 10.0. The molecule has 5 nitrogen and oxygen atoms in total. The van der Waals surface area contributed by atoms with Gasteiger partial charge in [-0.05, 0) is 67.8 Å². The molecule has 0 aliphatic heterocycles. The van der Waals surface area contributed by atoms with Crippen molar-refractivity contribution < 1.29 is 10.2 Å². The number of hydrogen-bond acceptors (Lipinski definition) is 5. The average Bonchev–Trinajstić information content (AvgIpc) is 2.52. The minimum Gasteiger partial charge on any atom is -0.506 e. The van der Waals surface area contributed by atoms with Gasteiger partial charge in [-0.25, -0.2) is 4.98 Å². The Morgan fingerprint density at radius 3 is 2.39 bits per heavy atom. The Kier molecular flexibility index (Phi) is 4.23. The summed E-state index contributed by atoms with van der Waals surface area (Å²) in [4.78, 5) is 8.40. The Labute approximate surface area is 148 Å². The fraction of sp³-hybridized carbons (Fsp3) is 0. The van der Waals surface area contributed by atoms with E-state index in [1.54, 1.807) is 36.4 Å². The number of para-hydroxylation sites is 1. The lowest BCUT2D eigenvalue weighted by molar-refractivity contribution is 0.458. The van der Waals surface area contributed by atoms with E-state index in [1.165, 1.54) is 0 Å². The number of phenolic OH excluding ortho intramolecular Hbond substituents is 1. The molecule has 2 aromatic carbocycles. The molecule has 0 amide bonds. The lowest BCUT2D eigenvalue weighted by atomic mass is 10.1. The van der Waals surface area contributed by atoms with Crippen molar-refractivity contribution in [2.75, 3.05) is 0 Å². The van der Waals surface area contributed by atoms with E-state index in [0.717, 1.165) is 5.56 Å². The number of halogens is 2. The Hall–Kier alpha value is -2.12. The number of aromatic nitrogens is 2. The number of fused-ring (bicyclic) bond motifs is 1. The highest BCUT2D eigenvalue weighted by Crippen LogP contribution is 2.34. The summed E-state index contributed by atoms with van der Waals surface area (Å²) in [5.74, 6) is 0.233. The van der Waals surface area contributed by atoms with Crippen LogP contribution in [0.5, 0.6) is 11.6 Å². The van der Waals surface area contributed by atoms with Crippen LogP contribution >= 0.6 is 31.9 Å². The summed E-state index contributed by atoms with van der Waals surface area (Å²) in [6.07, 6.45) is 1.67. The lowest BCUT2D eigenvalue weighted by Gasteiger charge is -2.06. The van der Waals surface area contributed by atoms with Crippen LogP contribution in [0, 0.1) is 0 Å². The first-order valence-corrected chi connectivity index (χ1v) is 8.15. The zero-order valence-electron chi connectivity index (χ0n) is 11.7. The third-order valence-electron chi connectivity index (χ3n) is 3.20. The summed E-state index contributed by atoms with van der Waals surface area (Å²) in [7, 11) is 0. The predicted octanol–water partition coefficient (Wildman–Crippen LogP) is 4.02. The van der Waals surface area contributed by atoms with Crippen LogP contribution in [0.2, 0.25) is 0 Å². The third kappa shape index (κ3) is 3.16. The number of rotatable bonds is 2. The molecule has 7 heteroatoms. The molecule has 0 atom stereocenters. The SMILES string of the molecule is N/C(=C\c1cc(Br)c(O)c(Br)c1)c1nc(O)c2ccccc2n1. The van der Waals surface area contributed by atoms with Crippen molar-refractivity contribution >= 4 is 54.5 Å². The minimum absolute atomic E-state index is 0.111. The van der Waals surface area contributed by atoms with Crippen molar-refractivity contribution in [2.45, 2.75) is 0 Å². The zero-order chi connectivity index (χ0) is 16.6. The molecule has 116 valence electrons. The normalized spacial score (nSPS) is 11.8. The van der Waals surface area contributed by atoms with Gasteiger partial charge in [0, 0.05) is 0 Å². The average molecular weight is 437 g/mol. The maximum absolute atomic E-state index is 10.0. The largest absolute Gasteiger partial charge is 0.506 e. The molecule has 1 aromatic heterocycles. The molecule has 0 saturated carbocycles. The highest BCUT2D eigenvalue weighted by Gasteiger charge is 2.10. The van der Waals surface area contributed by atoms with Crippen LogP contribution < -0.4 is 5.73 Å². The summed E-state index contributed by atoms with van der Waals surface area (Å²) in [6.45, 7) is 0. The van der Waals surface area contributed by atoms with Crippen molar-refractivity contribution in [1.29, 1.82) is 0 Å². The Bertz CT molecular complexity index is 919. The molecule has 23 heavy (non-hydrogen) atoms. The van der Waals surface area contributed by atoms with E-state index in [9.17, 15) is 10.2 Å². The highest BCUT2D eigenvalue weighted by atomic mass is 79.9. The second kappa shape index (κ2) is 6.17. The van der Waals surface area contributed by atoms with Crippen LogP contribution in [0.25, 0.3) is 22.7 Å². The van der Waals surface area contributed by atoms with Gasteiger partial charge in [-0.15, -0.1) is 0 Å². The Morgan fingerprint density at radius 1 is 1.04 bits per heavy atom. The van der Waals surface area contributed by atoms with Gasteiger partial charge in [0.1, 0.15) is 5.75 Å². The van der Waals surface area contributed by atoms with E-state index in [0.29, 0.717) is 25.5 Å². The fourth-order valence-electron chi connectivity index (χ4n) is 2.10. The molecular formula is C16H11Br2N3O2. The first-order chi connectivity index (χ1) is 11.0. The summed E-state index contributed by atoms with van der Waals surface area (Å²) >= 11 is 6.53. The molecule has 0 aliphatic carbocycles. The van der Waals surface area contributed by atoms with Gasteiger partial charge in [0.25, 0.3) is 0 Å². The molecule has 0 radical (unpaired) electrons. The monoisotopic (exact) mass is 435 g/mol. The van der Waals surface area contributed by atoms with E-state index in [-0.39, 0.29) is 17.5 Å². The van der Waals surface area contributed by atoms with Gasteiger partial charge in [-0.2, -0.15) is 4.98 Å². The third-order valence-corrected chi connectivity index (χ3v) is 4.41. The number of nitrogens with two attached hydrogens (primary N) is 1. The Balaban J connectivity index is 2.08. The van der Waals surface area contributed by atoms with Gasteiger partial charge >= 0.3 is 0 Å². The van der Waals surface area contributed by atoms with Crippen molar-refractivity contribution in [3.8, 4) is 11.6 Å². The molecule has 3 aromatic rings. The molecule has 3 rings (SSSR count). The number of phenols is 1. The Morgan fingerprint density at radius 2 is 1.70 bits per heavy atom. The molecule has 4 N–H and O–H groups in total. The van der Waals surface area contributed by atoms with Gasteiger partial charge in [0.2, 0.25) is 5.88 Å². The van der Waals surface area contributed by atoms with Gasteiger partial charge in [0.05, 0.1) is 25.5 Å². The van der Waals surface area contributed by atoms with Crippen LogP contribution in [0.4, 0.5) is 0 Å². The van der Waals surface area contributed by atoms with Crippen LogP contribution in [0.3, 0.4) is 0 Å². The van der Waals surface area contributed by atoms with E-state index >= 15 is 0 Å². The van der Waals surface area contributed by atoms with E-state index < -0.39 is 0 Å². The minimum atomic E-state index is -0.116. The summed E-state index contributed by atoms with van der Waals surface area (Å²) in [6, 6.07) is 10.6. The highest BCUT2D eigenvalue weighted by molar-refractivity contribution is 9.11. The number of hydrogen-bond donors (Lipinski definition) is 3.